The molecule has 1 aromatic carbocycles. The second kappa shape index (κ2) is 7.99. The molecule has 3 aliphatic rings. The Morgan fingerprint density at radius 1 is 0.808 bits per heavy atom. The van der Waals surface area contributed by atoms with Gasteiger partial charge in [0.15, 0.2) is 0 Å². The standard InChI is InChI=1S/C21H32N2O2S/c24-26(25,22-16-15-18-9-7-8-10-19(18)17-22)23(20-11-3-1-4-12-20)21-13-5-2-6-14-21/h7-10,20-21H,1-6,11-17H2. The van der Waals surface area contributed by atoms with Crippen LogP contribution in [-0.2, 0) is 23.2 Å². The summed E-state index contributed by atoms with van der Waals surface area (Å²) in [6, 6.07) is 8.74. The summed E-state index contributed by atoms with van der Waals surface area (Å²) in [5, 5.41) is 0. The molecule has 4 nitrogen and oxygen atoms in total. The third-order valence-corrected chi connectivity index (χ3v) is 8.65. The predicted molar refractivity (Wildman–Crippen MR) is 105 cm³/mol. The lowest BCUT2D eigenvalue weighted by Crippen LogP contribution is -2.54. The summed E-state index contributed by atoms with van der Waals surface area (Å²) in [5.74, 6) is 0. The Morgan fingerprint density at radius 3 is 1.92 bits per heavy atom. The van der Waals surface area contributed by atoms with E-state index in [9.17, 15) is 8.42 Å². The van der Waals surface area contributed by atoms with Crippen molar-refractivity contribution >= 4 is 10.2 Å². The van der Waals surface area contributed by atoms with Crippen LogP contribution in [0.25, 0.3) is 0 Å². The van der Waals surface area contributed by atoms with Crippen LogP contribution in [0, 0.1) is 0 Å². The van der Waals surface area contributed by atoms with E-state index in [1.54, 1.807) is 4.31 Å². The van der Waals surface area contributed by atoms with Crippen LogP contribution in [0.3, 0.4) is 0 Å². The van der Waals surface area contributed by atoms with Crippen molar-refractivity contribution in [2.75, 3.05) is 6.54 Å². The maximum atomic E-state index is 13.7. The van der Waals surface area contributed by atoms with Crippen LogP contribution in [0.5, 0.6) is 0 Å². The van der Waals surface area contributed by atoms with Gasteiger partial charge in [0, 0.05) is 25.2 Å². The van der Waals surface area contributed by atoms with E-state index in [4.69, 9.17) is 0 Å². The number of hydrogen-bond donors (Lipinski definition) is 0. The molecule has 26 heavy (non-hydrogen) atoms. The average molecular weight is 377 g/mol. The van der Waals surface area contributed by atoms with Crippen LogP contribution in [0.1, 0.15) is 75.3 Å². The van der Waals surface area contributed by atoms with E-state index in [1.807, 2.05) is 10.4 Å². The van der Waals surface area contributed by atoms with Crippen molar-refractivity contribution in [3.8, 4) is 0 Å². The third kappa shape index (κ3) is 3.71. The Balaban J connectivity index is 1.60. The van der Waals surface area contributed by atoms with Gasteiger partial charge in [-0.2, -0.15) is 17.0 Å². The first-order valence-electron chi connectivity index (χ1n) is 10.5. The number of nitrogens with zero attached hydrogens (tertiary/aromatic N) is 2. The van der Waals surface area contributed by atoms with Crippen molar-refractivity contribution in [1.29, 1.82) is 0 Å². The topological polar surface area (TPSA) is 40.6 Å². The molecule has 4 rings (SSSR count). The van der Waals surface area contributed by atoms with E-state index in [0.717, 1.165) is 32.1 Å². The summed E-state index contributed by atoms with van der Waals surface area (Å²) in [5.41, 5.74) is 2.48. The minimum Gasteiger partial charge on any atom is -0.195 e. The average Bonchev–Trinajstić information content (AvgIpc) is 2.69. The van der Waals surface area contributed by atoms with Gasteiger partial charge >= 0.3 is 0 Å². The summed E-state index contributed by atoms with van der Waals surface area (Å²) in [7, 11) is -3.40. The minimum absolute atomic E-state index is 0.217. The normalized spacial score (nSPS) is 23.9. The van der Waals surface area contributed by atoms with Gasteiger partial charge in [0.05, 0.1) is 0 Å². The van der Waals surface area contributed by atoms with Gasteiger partial charge in [0.2, 0.25) is 0 Å². The second-order valence-corrected chi connectivity index (χ2v) is 10.1. The van der Waals surface area contributed by atoms with Gasteiger partial charge in [-0.3, -0.25) is 0 Å². The fourth-order valence-electron chi connectivity index (χ4n) is 5.15. The molecule has 5 heteroatoms. The highest BCUT2D eigenvalue weighted by molar-refractivity contribution is 7.86. The molecule has 1 heterocycles. The van der Waals surface area contributed by atoms with Crippen LogP contribution in [0.2, 0.25) is 0 Å². The molecular weight excluding hydrogens is 344 g/mol. The molecule has 0 amide bonds. The Bertz CT molecular complexity index is 688. The zero-order valence-corrected chi connectivity index (χ0v) is 16.6. The molecule has 2 aliphatic carbocycles. The molecule has 0 saturated heterocycles. The van der Waals surface area contributed by atoms with Gasteiger partial charge in [-0.15, -0.1) is 0 Å². The molecule has 0 atom stereocenters. The van der Waals surface area contributed by atoms with Gasteiger partial charge in [-0.1, -0.05) is 62.8 Å². The Morgan fingerprint density at radius 2 is 1.35 bits per heavy atom. The quantitative estimate of drug-likeness (QED) is 0.788. The van der Waals surface area contributed by atoms with E-state index in [1.165, 1.54) is 49.7 Å². The van der Waals surface area contributed by atoms with E-state index in [-0.39, 0.29) is 12.1 Å². The van der Waals surface area contributed by atoms with Gasteiger partial charge in [-0.25, -0.2) is 0 Å². The van der Waals surface area contributed by atoms with E-state index in [2.05, 4.69) is 18.2 Å². The highest BCUT2D eigenvalue weighted by atomic mass is 32.2. The molecule has 1 aliphatic heterocycles. The highest BCUT2D eigenvalue weighted by Gasteiger charge is 2.41. The lowest BCUT2D eigenvalue weighted by Gasteiger charge is -2.43. The maximum Gasteiger partial charge on any atom is 0.282 e. The van der Waals surface area contributed by atoms with E-state index < -0.39 is 10.2 Å². The lowest BCUT2D eigenvalue weighted by molar-refractivity contribution is 0.156. The molecule has 0 unspecified atom stereocenters. The van der Waals surface area contributed by atoms with Crippen LogP contribution in [-0.4, -0.2) is 35.7 Å². The Hall–Kier alpha value is -0.910. The number of benzene rings is 1. The lowest BCUT2D eigenvalue weighted by atomic mass is 9.91. The second-order valence-electron chi connectivity index (χ2n) is 8.27. The molecule has 0 spiro atoms. The highest BCUT2D eigenvalue weighted by Crippen LogP contribution is 2.34. The third-order valence-electron chi connectivity index (χ3n) is 6.56. The smallest absolute Gasteiger partial charge is 0.195 e. The molecule has 1 aromatic rings. The van der Waals surface area contributed by atoms with Crippen molar-refractivity contribution in [2.45, 2.75) is 89.3 Å². The first-order chi connectivity index (χ1) is 12.7. The van der Waals surface area contributed by atoms with Gasteiger partial charge in [0.1, 0.15) is 0 Å². The monoisotopic (exact) mass is 376 g/mol. The molecule has 0 aromatic heterocycles. The van der Waals surface area contributed by atoms with Crippen LogP contribution < -0.4 is 0 Å². The number of rotatable bonds is 4. The van der Waals surface area contributed by atoms with Crippen molar-refractivity contribution in [3.63, 3.8) is 0 Å². The van der Waals surface area contributed by atoms with Gasteiger partial charge in [0.25, 0.3) is 10.2 Å². The molecule has 0 radical (unpaired) electrons. The molecular formula is C21H32N2O2S. The SMILES string of the molecule is O=S(=O)(N1CCc2ccccc2C1)N(C1CCCCC1)C1CCCCC1. The maximum absolute atomic E-state index is 13.7. The van der Waals surface area contributed by atoms with E-state index in [0.29, 0.717) is 13.1 Å². The molecule has 0 bridgehead atoms. The van der Waals surface area contributed by atoms with Crippen LogP contribution in [0.4, 0.5) is 0 Å². The van der Waals surface area contributed by atoms with Gasteiger partial charge < -0.3 is 0 Å². The van der Waals surface area contributed by atoms with Crippen molar-refractivity contribution in [3.05, 3.63) is 35.4 Å². The Labute approximate surface area is 158 Å². The summed E-state index contributed by atoms with van der Waals surface area (Å²) in [6.07, 6.45) is 12.2. The van der Waals surface area contributed by atoms with Gasteiger partial charge in [-0.05, 0) is 43.2 Å². The van der Waals surface area contributed by atoms with Crippen LogP contribution >= 0.6 is 0 Å². The Kier molecular flexibility index (Phi) is 5.67. The first-order valence-corrected chi connectivity index (χ1v) is 11.9. The summed E-state index contributed by atoms with van der Waals surface area (Å²) < 4.78 is 31.2. The zero-order valence-electron chi connectivity index (χ0n) is 15.8. The molecule has 2 saturated carbocycles. The summed E-state index contributed by atoms with van der Waals surface area (Å²) >= 11 is 0. The number of hydrogen-bond acceptors (Lipinski definition) is 2. The van der Waals surface area contributed by atoms with E-state index >= 15 is 0 Å². The fourth-order valence-corrected chi connectivity index (χ4v) is 7.21. The van der Waals surface area contributed by atoms with Crippen molar-refractivity contribution in [2.24, 2.45) is 0 Å². The summed E-state index contributed by atoms with van der Waals surface area (Å²) in [4.78, 5) is 0. The van der Waals surface area contributed by atoms with Crippen molar-refractivity contribution < 1.29 is 8.42 Å². The zero-order chi connectivity index (χ0) is 18.0. The van der Waals surface area contributed by atoms with Crippen LogP contribution in [0.15, 0.2) is 24.3 Å². The van der Waals surface area contributed by atoms with Crippen molar-refractivity contribution in [1.82, 2.24) is 8.61 Å². The summed E-state index contributed by atoms with van der Waals surface area (Å²) in [6.45, 7) is 1.16. The molecule has 2 fully saturated rings. The predicted octanol–water partition coefficient (Wildman–Crippen LogP) is 4.26. The molecule has 0 N–H and O–H groups in total. The minimum atomic E-state index is -3.40. The first kappa shape index (κ1) is 18.5. The largest absolute Gasteiger partial charge is 0.282 e. The fraction of sp³-hybridized carbons (Fsp3) is 0.714. The number of fused-ring (bicyclic) bond motifs is 1. The molecule has 144 valence electrons.